The Hall–Kier alpha value is -1.97. The van der Waals surface area contributed by atoms with Crippen molar-refractivity contribution >= 4 is 16.8 Å². The molecule has 2 rings (SSSR count). The molecule has 0 aliphatic heterocycles. The molecule has 0 aliphatic rings. The van der Waals surface area contributed by atoms with Crippen LogP contribution >= 0.6 is 0 Å². The van der Waals surface area contributed by atoms with Gasteiger partial charge >= 0.3 is 0 Å². The van der Waals surface area contributed by atoms with Crippen molar-refractivity contribution in [2.45, 2.75) is 6.92 Å². The summed E-state index contributed by atoms with van der Waals surface area (Å²) in [6.45, 7) is 1.76. The molecule has 0 saturated carbocycles. The SMILES string of the molecule is Cc1nc2ccncc2cc1C(N)=O. The first-order chi connectivity index (χ1) is 6.68. The van der Waals surface area contributed by atoms with E-state index in [1.807, 2.05) is 0 Å². The molecule has 2 aromatic rings. The summed E-state index contributed by atoms with van der Waals surface area (Å²) in [4.78, 5) is 19.2. The van der Waals surface area contributed by atoms with Crippen molar-refractivity contribution < 1.29 is 4.79 Å². The van der Waals surface area contributed by atoms with Gasteiger partial charge in [0, 0.05) is 17.8 Å². The second-order valence-electron chi connectivity index (χ2n) is 3.05. The van der Waals surface area contributed by atoms with Crippen molar-refractivity contribution in [3.8, 4) is 0 Å². The quantitative estimate of drug-likeness (QED) is 0.725. The minimum absolute atomic E-state index is 0.450. The monoisotopic (exact) mass is 187 g/mol. The Morgan fingerprint density at radius 3 is 3.00 bits per heavy atom. The normalized spacial score (nSPS) is 10.4. The van der Waals surface area contributed by atoms with Gasteiger partial charge in [-0.1, -0.05) is 0 Å². The second kappa shape index (κ2) is 3.06. The largest absolute Gasteiger partial charge is 0.366 e. The van der Waals surface area contributed by atoms with Crippen molar-refractivity contribution in [2.24, 2.45) is 5.73 Å². The lowest BCUT2D eigenvalue weighted by Gasteiger charge is -2.02. The van der Waals surface area contributed by atoms with E-state index in [-0.39, 0.29) is 0 Å². The highest BCUT2D eigenvalue weighted by molar-refractivity contribution is 5.97. The van der Waals surface area contributed by atoms with Gasteiger partial charge in [-0.25, -0.2) is 0 Å². The number of hydrogen-bond acceptors (Lipinski definition) is 3. The maximum atomic E-state index is 11.0. The molecule has 2 heterocycles. The highest BCUT2D eigenvalue weighted by atomic mass is 16.1. The molecule has 0 aliphatic carbocycles. The molecule has 70 valence electrons. The summed E-state index contributed by atoms with van der Waals surface area (Å²) in [6.07, 6.45) is 3.33. The Balaban J connectivity index is 2.77. The first-order valence-corrected chi connectivity index (χ1v) is 4.19. The van der Waals surface area contributed by atoms with Gasteiger partial charge in [0.15, 0.2) is 0 Å². The molecule has 2 N–H and O–H groups in total. The van der Waals surface area contributed by atoms with Crippen LogP contribution in [0.2, 0.25) is 0 Å². The van der Waals surface area contributed by atoms with Gasteiger partial charge in [-0.15, -0.1) is 0 Å². The summed E-state index contributed by atoms with van der Waals surface area (Å²) in [5.74, 6) is -0.458. The predicted molar refractivity (Wildman–Crippen MR) is 52.8 cm³/mol. The number of aryl methyl sites for hydroxylation is 1. The predicted octanol–water partition coefficient (Wildman–Crippen LogP) is 1.04. The van der Waals surface area contributed by atoms with E-state index in [0.717, 1.165) is 10.9 Å². The van der Waals surface area contributed by atoms with Crippen LogP contribution in [0.25, 0.3) is 10.9 Å². The van der Waals surface area contributed by atoms with Crippen molar-refractivity contribution in [1.29, 1.82) is 0 Å². The number of nitrogens with two attached hydrogens (primary N) is 1. The third-order valence-electron chi connectivity index (χ3n) is 2.07. The zero-order valence-electron chi connectivity index (χ0n) is 7.69. The second-order valence-corrected chi connectivity index (χ2v) is 3.05. The average molecular weight is 187 g/mol. The van der Waals surface area contributed by atoms with Crippen LogP contribution in [-0.4, -0.2) is 15.9 Å². The number of rotatable bonds is 1. The maximum absolute atomic E-state index is 11.0. The van der Waals surface area contributed by atoms with Crippen LogP contribution < -0.4 is 5.73 Å². The van der Waals surface area contributed by atoms with Crippen molar-refractivity contribution in [1.82, 2.24) is 9.97 Å². The molecule has 2 aromatic heterocycles. The van der Waals surface area contributed by atoms with E-state index in [9.17, 15) is 4.79 Å². The van der Waals surface area contributed by atoms with Crippen LogP contribution in [0.1, 0.15) is 16.1 Å². The molecule has 0 saturated heterocycles. The first-order valence-electron chi connectivity index (χ1n) is 4.19. The molecule has 14 heavy (non-hydrogen) atoms. The molecular formula is C10H9N3O. The Kier molecular flexibility index (Phi) is 1.89. The number of nitrogens with zero attached hydrogens (tertiary/aromatic N) is 2. The summed E-state index contributed by atoms with van der Waals surface area (Å²) in [5.41, 5.74) is 7.13. The molecule has 0 aromatic carbocycles. The van der Waals surface area contributed by atoms with Gasteiger partial charge < -0.3 is 5.73 Å². The van der Waals surface area contributed by atoms with Gasteiger partial charge in [-0.3, -0.25) is 14.8 Å². The Morgan fingerprint density at radius 2 is 2.29 bits per heavy atom. The molecule has 4 heteroatoms. The molecule has 0 fully saturated rings. The van der Waals surface area contributed by atoms with E-state index in [1.54, 1.807) is 31.5 Å². The number of aromatic nitrogens is 2. The number of carbonyl (C=O) groups is 1. The molecular weight excluding hydrogens is 178 g/mol. The van der Waals surface area contributed by atoms with Gasteiger partial charge in [0.25, 0.3) is 5.91 Å². The fourth-order valence-electron chi connectivity index (χ4n) is 1.36. The lowest BCUT2D eigenvalue weighted by atomic mass is 10.1. The van der Waals surface area contributed by atoms with Gasteiger partial charge in [0.1, 0.15) is 0 Å². The molecule has 0 spiro atoms. The summed E-state index contributed by atoms with van der Waals surface area (Å²) in [6, 6.07) is 3.51. The zero-order valence-corrected chi connectivity index (χ0v) is 7.69. The van der Waals surface area contributed by atoms with Crippen molar-refractivity contribution in [3.63, 3.8) is 0 Å². The number of hydrogen-bond donors (Lipinski definition) is 1. The lowest BCUT2D eigenvalue weighted by Crippen LogP contribution is -2.13. The van der Waals surface area contributed by atoms with E-state index in [2.05, 4.69) is 9.97 Å². The van der Waals surface area contributed by atoms with E-state index in [1.165, 1.54) is 0 Å². The Labute approximate surface area is 80.8 Å². The Morgan fingerprint density at radius 1 is 1.50 bits per heavy atom. The van der Waals surface area contributed by atoms with E-state index in [0.29, 0.717) is 11.3 Å². The van der Waals surface area contributed by atoms with Crippen LogP contribution in [-0.2, 0) is 0 Å². The minimum atomic E-state index is -0.458. The molecule has 0 radical (unpaired) electrons. The van der Waals surface area contributed by atoms with Crippen LogP contribution in [0.4, 0.5) is 0 Å². The average Bonchev–Trinajstić information content (AvgIpc) is 2.16. The van der Waals surface area contributed by atoms with E-state index in [4.69, 9.17) is 5.73 Å². The number of primary amides is 1. The number of fused-ring (bicyclic) bond motifs is 1. The van der Waals surface area contributed by atoms with Crippen molar-refractivity contribution in [2.75, 3.05) is 0 Å². The zero-order chi connectivity index (χ0) is 10.1. The summed E-state index contributed by atoms with van der Waals surface area (Å²) in [5, 5.41) is 0.826. The van der Waals surface area contributed by atoms with Gasteiger partial charge in [0.05, 0.1) is 16.8 Å². The molecule has 0 unspecified atom stereocenters. The van der Waals surface area contributed by atoms with E-state index >= 15 is 0 Å². The van der Waals surface area contributed by atoms with Crippen LogP contribution in [0.5, 0.6) is 0 Å². The smallest absolute Gasteiger partial charge is 0.250 e. The summed E-state index contributed by atoms with van der Waals surface area (Å²) < 4.78 is 0. The standard InChI is InChI=1S/C10H9N3O/c1-6-8(10(11)14)4-7-5-12-3-2-9(7)13-6/h2-5H,1H3,(H2,11,14). The molecule has 1 amide bonds. The fraction of sp³-hybridized carbons (Fsp3) is 0.100. The molecule has 4 nitrogen and oxygen atoms in total. The number of pyridine rings is 2. The van der Waals surface area contributed by atoms with Gasteiger partial charge in [-0.2, -0.15) is 0 Å². The van der Waals surface area contributed by atoms with Gasteiger partial charge in [-0.05, 0) is 19.1 Å². The topological polar surface area (TPSA) is 68.9 Å². The highest BCUT2D eigenvalue weighted by Gasteiger charge is 2.07. The highest BCUT2D eigenvalue weighted by Crippen LogP contribution is 2.14. The fourth-order valence-corrected chi connectivity index (χ4v) is 1.36. The minimum Gasteiger partial charge on any atom is -0.366 e. The maximum Gasteiger partial charge on any atom is 0.250 e. The van der Waals surface area contributed by atoms with Crippen LogP contribution in [0.15, 0.2) is 24.5 Å². The van der Waals surface area contributed by atoms with E-state index < -0.39 is 5.91 Å². The van der Waals surface area contributed by atoms with Crippen LogP contribution in [0.3, 0.4) is 0 Å². The Bertz CT molecular complexity index is 508. The number of amides is 1. The first kappa shape index (κ1) is 8.62. The number of carbonyl (C=O) groups excluding carboxylic acids is 1. The summed E-state index contributed by atoms with van der Waals surface area (Å²) in [7, 11) is 0. The third-order valence-corrected chi connectivity index (χ3v) is 2.07. The molecule has 0 bridgehead atoms. The van der Waals surface area contributed by atoms with Gasteiger partial charge in [0.2, 0.25) is 0 Å². The lowest BCUT2D eigenvalue weighted by molar-refractivity contribution is 0.0999. The van der Waals surface area contributed by atoms with Crippen LogP contribution in [0, 0.1) is 6.92 Å². The van der Waals surface area contributed by atoms with Crippen molar-refractivity contribution in [3.05, 3.63) is 35.8 Å². The third kappa shape index (κ3) is 1.31. The molecule has 0 atom stereocenters. The summed E-state index contributed by atoms with van der Waals surface area (Å²) >= 11 is 0.